The molecule has 0 aliphatic rings. The molecule has 0 unspecified atom stereocenters. The van der Waals surface area contributed by atoms with Crippen molar-refractivity contribution in [3.05, 3.63) is 114 Å². The number of benzene rings is 5. The molecule has 1 N–H and O–H groups in total. The lowest BCUT2D eigenvalue weighted by molar-refractivity contribution is 0.613. The molecule has 5 aromatic carbocycles. The Bertz CT molecular complexity index is 2150. The first-order valence-corrected chi connectivity index (χ1v) is 12.5. The lowest BCUT2D eigenvalue weighted by atomic mass is 10.1. The minimum absolute atomic E-state index is 0.636. The van der Waals surface area contributed by atoms with Crippen molar-refractivity contribution in [3.8, 4) is 5.69 Å². The maximum atomic E-state index is 6.47. The van der Waals surface area contributed by atoms with Crippen LogP contribution in [0.2, 0.25) is 5.02 Å². The van der Waals surface area contributed by atoms with E-state index >= 15 is 0 Å². The summed E-state index contributed by atoms with van der Waals surface area (Å²) in [7, 11) is 0. The van der Waals surface area contributed by atoms with Crippen molar-refractivity contribution in [1.29, 1.82) is 0 Å². The smallest absolute Gasteiger partial charge is 0.215 e. The summed E-state index contributed by atoms with van der Waals surface area (Å²) in [5, 5.41) is 10.7. The summed E-state index contributed by atoms with van der Waals surface area (Å²) in [6.07, 6.45) is 0. The molecule has 8 aromatic rings. The van der Waals surface area contributed by atoms with Gasteiger partial charge >= 0.3 is 0 Å². The fourth-order valence-corrected chi connectivity index (χ4v) is 5.53. The molecule has 0 aliphatic carbocycles. The zero-order valence-corrected chi connectivity index (χ0v) is 20.3. The lowest BCUT2D eigenvalue weighted by Gasteiger charge is -2.09. The Hall–Kier alpha value is -4.67. The fourth-order valence-electron chi connectivity index (χ4n) is 5.35. The Labute approximate surface area is 216 Å². The van der Waals surface area contributed by atoms with Crippen LogP contribution < -0.4 is 5.32 Å². The third-order valence-corrected chi connectivity index (χ3v) is 7.39. The number of nitrogens with one attached hydrogen (secondary N) is 1. The van der Waals surface area contributed by atoms with E-state index in [4.69, 9.17) is 20.4 Å². The van der Waals surface area contributed by atoms with Crippen LogP contribution in [0.25, 0.3) is 60.4 Å². The van der Waals surface area contributed by atoms with Crippen molar-refractivity contribution in [1.82, 2.24) is 4.57 Å². The Morgan fingerprint density at radius 2 is 1.35 bits per heavy atom. The number of hydrogen-bond acceptors (Lipinski definition) is 3. The van der Waals surface area contributed by atoms with Crippen molar-refractivity contribution in [3.63, 3.8) is 0 Å². The van der Waals surface area contributed by atoms with Crippen molar-refractivity contribution in [2.45, 2.75) is 0 Å². The number of fused-ring (bicyclic) bond motifs is 7. The van der Waals surface area contributed by atoms with Gasteiger partial charge in [-0.1, -0.05) is 66.2 Å². The van der Waals surface area contributed by atoms with Crippen LogP contribution in [0.1, 0.15) is 0 Å². The van der Waals surface area contributed by atoms with Crippen molar-refractivity contribution >= 4 is 77.9 Å². The summed E-state index contributed by atoms with van der Waals surface area (Å²) in [5.74, 6) is 0.636. The molecular formula is C32H19ClN2O2. The molecule has 176 valence electrons. The zero-order valence-electron chi connectivity index (χ0n) is 19.5. The average Bonchev–Trinajstić information content (AvgIpc) is 3.58. The van der Waals surface area contributed by atoms with E-state index in [0.717, 1.165) is 55.3 Å². The molecule has 0 fully saturated rings. The monoisotopic (exact) mass is 498 g/mol. The Kier molecular flexibility index (Phi) is 4.25. The van der Waals surface area contributed by atoms with Gasteiger partial charge in [0.15, 0.2) is 0 Å². The average molecular weight is 499 g/mol. The van der Waals surface area contributed by atoms with Crippen molar-refractivity contribution < 1.29 is 8.83 Å². The van der Waals surface area contributed by atoms with Gasteiger partial charge in [0, 0.05) is 27.9 Å². The number of nitrogens with zero attached hydrogens (tertiary/aromatic N) is 1. The Morgan fingerprint density at radius 1 is 0.595 bits per heavy atom. The van der Waals surface area contributed by atoms with Gasteiger partial charge in [0.1, 0.15) is 11.2 Å². The molecule has 0 amide bonds. The number of halogens is 1. The molecule has 0 spiro atoms. The van der Waals surface area contributed by atoms with Gasteiger partial charge in [-0.15, -0.1) is 0 Å². The summed E-state index contributed by atoms with van der Waals surface area (Å²) in [6.45, 7) is 0. The maximum absolute atomic E-state index is 6.47. The Balaban J connectivity index is 1.42. The number of rotatable bonds is 3. The van der Waals surface area contributed by atoms with E-state index in [1.54, 1.807) is 0 Å². The lowest BCUT2D eigenvalue weighted by Crippen LogP contribution is -1.94. The van der Waals surface area contributed by atoms with Gasteiger partial charge in [-0.2, -0.15) is 0 Å². The molecule has 3 heterocycles. The van der Waals surface area contributed by atoms with Crippen LogP contribution >= 0.6 is 11.6 Å². The summed E-state index contributed by atoms with van der Waals surface area (Å²) >= 11 is 6.41. The summed E-state index contributed by atoms with van der Waals surface area (Å²) in [6, 6.07) is 37.1. The molecule has 0 bridgehead atoms. The van der Waals surface area contributed by atoms with Crippen LogP contribution in [0.4, 0.5) is 11.6 Å². The highest BCUT2D eigenvalue weighted by molar-refractivity contribution is 6.33. The molecule has 0 saturated heterocycles. The van der Waals surface area contributed by atoms with E-state index in [-0.39, 0.29) is 0 Å². The highest BCUT2D eigenvalue weighted by Crippen LogP contribution is 2.40. The summed E-state index contributed by atoms with van der Waals surface area (Å²) in [4.78, 5) is 0. The van der Waals surface area contributed by atoms with Gasteiger partial charge in [-0.25, -0.2) is 0 Å². The van der Waals surface area contributed by atoms with E-state index in [2.05, 4.69) is 70.5 Å². The van der Waals surface area contributed by atoms with Crippen LogP contribution in [-0.4, -0.2) is 4.57 Å². The zero-order chi connectivity index (χ0) is 24.5. The molecule has 0 saturated carbocycles. The number of furan rings is 2. The van der Waals surface area contributed by atoms with Crippen LogP contribution in [0.15, 0.2) is 118 Å². The highest BCUT2D eigenvalue weighted by atomic mass is 35.5. The summed E-state index contributed by atoms with van der Waals surface area (Å²) < 4.78 is 14.7. The number of hydrogen-bond donors (Lipinski definition) is 1. The minimum Gasteiger partial charge on any atom is -0.456 e. The molecule has 5 heteroatoms. The number of para-hydroxylation sites is 2. The molecule has 3 aromatic heterocycles. The van der Waals surface area contributed by atoms with Crippen molar-refractivity contribution in [2.75, 3.05) is 5.32 Å². The largest absolute Gasteiger partial charge is 0.456 e. The maximum Gasteiger partial charge on any atom is 0.215 e. The second kappa shape index (κ2) is 7.66. The molecular weight excluding hydrogens is 480 g/mol. The highest BCUT2D eigenvalue weighted by Gasteiger charge is 2.19. The van der Waals surface area contributed by atoms with E-state index in [9.17, 15) is 0 Å². The van der Waals surface area contributed by atoms with Crippen LogP contribution in [0.5, 0.6) is 0 Å². The topological polar surface area (TPSA) is 43.2 Å². The van der Waals surface area contributed by atoms with Gasteiger partial charge in [-0.3, -0.25) is 4.57 Å². The van der Waals surface area contributed by atoms with E-state index < -0.39 is 0 Å². The van der Waals surface area contributed by atoms with Crippen LogP contribution in [0.3, 0.4) is 0 Å². The third-order valence-electron chi connectivity index (χ3n) is 7.06. The molecule has 0 aliphatic heterocycles. The first kappa shape index (κ1) is 20.5. The van der Waals surface area contributed by atoms with E-state index in [1.165, 1.54) is 10.8 Å². The standard InChI is InChI=1S/C32H19ClN2O2/c33-26-10-4-5-11-27(26)34-31-18-25-23-15-19-7-1-2-8-20(19)16-28(23)35(32(25)37-31)21-13-14-30-24(17-21)22-9-3-6-12-29(22)36-30/h1-18,34H. The quantitative estimate of drug-likeness (QED) is 0.263. The first-order valence-electron chi connectivity index (χ1n) is 12.1. The van der Waals surface area contributed by atoms with E-state index in [1.807, 2.05) is 48.5 Å². The van der Waals surface area contributed by atoms with Crippen LogP contribution in [-0.2, 0) is 0 Å². The molecule has 4 nitrogen and oxygen atoms in total. The predicted octanol–water partition coefficient (Wildman–Crippen LogP) is 9.83. The van der Waals surface area contributed by atoms with E-state index in [0.29, 0.717) is 10.9 Å². The SMILES string of the molecule is Clc1ccccc1Nc1cc2c3cc4ccccc4cc3n(-c3ccc4oc5ccccc5c4c3)c2o1. The van der Waals surface area contributed by atoms with Gasteiger partial charge in [-0.05, 0) is 59.3 Å². The van der Waals surface area contributed by atoms with Gasteiger partial charge < -0.3 is 14.2 Å². The van der Waals surface area contributed by atoms with Gasteiger partial charge in [0.2, 0.25) is 11.6 Å². The van der Waals surface area contributed by atoms with Crippen molar-refractivity contribution in [2.24, 2.45) is 0 Å². The minimum atomic E-state index is 0.636. The normalized spacial score (nSPS) is 11.9. The fraction of sp³-hybridized carbons (Fsp3) is 0. The second-order valence-electron chi connectivity index (χ2n) is 9.26. The Morgan fingerprint density at radius 3 is 2.24 bits per heavy atom. The number of aromatic nitrogens is 1. The molecule has 0 radical (unpaired) electrons. The molecule has 37 heavy (non-hydrogen) atoms. The molecule has 8 rings (SSSR count). The third kappa shape index (κ3) is 3.09. The first-order chi connectivity index (χ1) is 18.2. The predicted molar refractivity (Wildman–Crippen MR) is 153 cm³/mol. The van der Waals surface area contributed by atoms with Gasteiger partial charge in [0.05, 0.1) is 21.6 Å². The number of anilines is 2. The van der Waals surface area contributed by atoms with Gasteiger partial charge in [0.25, 0.3) is 0 Å². The molecule has 0 atom stereocenters. The second-order valence-corrected chi connectivity index (χ2v) is 9.67. The summed E-state index contributed by atoms with van der Waals surface area (Å²) in [5.41, 5.74) is 5.41. The van der Waals surface area contributed by atoms with Crippen LogP contribution in [0, 0.1) is 0 Å².